The molecule has 1 atom stereocenters. The average Bonchev–Trinajstić information content (AvgIpc) is 2.88. The number of amides is 1. The molecule has 0 radical (unpaired) electrons. The number of ether oxygens (including phenoxy) is 1. The van der Waals surface area contributed by atoms with Gasteiger partial charge in [-0.25, -0.2) is 4.98 Å². The van der Waals surface area contributed by atoms with Crippen LogP contribution < -0.4 is 10.1 Å². The molecule has 0 saturated heterocycles. The summed E-state index contributed by atoms with van der Waals surface area (Å²) in [5, 5.41) is 3.03. The van der Waals surface area contributed by atoms with E-state index in [1.54, 1.807) is 0 Å². The van der Waals surface area contributed by atoms with Gasteiger partial charge in [-0.15, -0.1) is 0 Å². The third-order valence-electron chi connectivity index (χ3n) is 4.64. The van der Waals surface area contributed by atoms with Crippen molar-refractivity contribution in [3.8, 4) is 5.75 Å². The van der Waals surface area contributed by atoms with Crippen LogP contribution >= 0.6 is 0 Å². The van der Waals surface area contributed by atoms with E-state index in [2.05, 4.69) is 10.3 Å². The van der Waals surface area contributed by atoms with E-state index in [1.165, 1.54) is 5.56 Å². The standard InChI is InChI=1S/C20H21N3O2/c1-14-6-8-23-13-17(22-19(23)10-14)12-21-20(24)16-7-9-25-18-5-3-2-4-15(18)11-16/h2-6,8,10,13,16H,7,9,11-12H2,1H3,(H,21,24)/t16-/m1/s1. The van der Waals surface area contributed by atoms with Crippen molar-refractivity contribution in [1.82, 2.24) is 14.7 Å². The Morgan fingerprint density at radius 3 is 3.16 bits per heavy atom. The maximum atomic E-state index is 12.6. The van der Waals surface area contributed by atoms with Gasteiger partial charge in [0, 0.05) is 18.3 Å². The molecule has 3 heterocycles. The highest BCUT2D eigenvalue weighted by atomic mass is 16.5. The molecule has 0 bridgehead atoms. The molecule has 5 heteroatoms. The second-order valence-corrected chi connectivity index (χ2v) is 6.57. The van der Waals surface area contributed by atoms with Gasteiger partial charge in [0.1, 0.15) is 11.4 Å². The van der Waals surface area contributed by atoms with Crippen molar-refractivity contribution in [1.29, 1.82) is 0 Å². The Morgan fingerprint density at radius 1 is 1.36 bits per heavy atom. The average molecular weight is 335 g/mol. The van der Waals surface area contributed by atoms with Crippen molar-refractivity contribution in [2.24, 2.45) is 5.92 Å². The minimum Gasteiger partial charge on any atom is -0.493 e. The van der Waals surface area contributed by atoms with E-state index in [-0.39, 0.29) is 11.8 Å². The lowest BCUT2D eigenvalue weighted by Crippen LogP contribution is -2.31. The maximum absolute atomic E-state index is 12.6. The third-order valence-corrected chi connectivity index (χ3v) is 4.64. The molecule has 2 aromatic heterocycles. The van der Waals surface area contributed by atoms with Crippen LogP contribution in [0.25, 0.3) is 5.65 Å². The monoisotopic (exact) mass is 335 g/mol. The first kappa shape index (κ1) is 15.7. The predicted octanol–water partition coefficient (Wildman–Crippen LogP) is 2.90. The lowest BCUT2D eigenvalue weighted by molar-refractivity contribution is -0.125. The smallest absolute Gasteiger partial charge is 0.223 e. The lowest BCUT2D eigenvalue weighted by Gasteiger charge is -2.13. The fraction of sp³-hybridized carbons (Fsp3) is 0.300. The number of nitrogens with one attached hydrogen (secondary N) is 1. The van der Waals surface area contributed by atoms with Crippen molar-refractivity contribution in [3.05, 3.63) is 65.6 Å². The zero-order valence-electron chi connectivity index (χ0n) is 14.2. The van der Waals surface area contributed by atoms with Gasteiger partial charge >= 0.3 is 0 Å². The van der Waals surface area contributed by atoms with Crippen LogP contribution in [0.15, 0.2) is 48.8 Å². The third kappa shape index (κ3) is 3.36. The molecule has 0 saturated carbocycles. The fourth-order valence-electron chi connectivity index (χ4n) is 3.26. The van der Waals surface area contributed by atoms with Crippen LogP contribution in [-0.2, 0) is 17.8 Å². The summed E-state index contributed by atoms with van der Waals surface area (Å²) >= 11 is 0. The van der Waals surface area contributed by atoms with Crippen LogP contribution in [-0.4, -0.2) is 21.9 Å². The van der Waals surface area contributed by atoms with Crippen LogP contribution in [0.1, 0.15) is 23.2 Å². The van der Waals surface area contributed by atoms with E-state index in [1.807, 2.05) is 60.1 Å². The van der Waals surface area contributed by atoms with Crippen molar-refractivity contribution in [3.63, 3.8) is 0 Å². The van der Waals surface area contributed by atoms with E-state index in [9.17, 15) is 4.79 Å². The molecule has 0 spiro atoms. The number of nitrogens with zero attached hydrogens (tertiary/aromatic N) is 2. The number of benzene rings is 1. The van der Waals surface area contributed by atoms with Crippen molar-refractivity contribution in [2.75, 3.05) is 6.61 Å². The Labute approximate surface area is 146 Å². The molecule has 1 aliphatic heterocycles. The zero-order valence-corrected chi connectivity index (χ0v) is 14.2. The molecule has 1 aromatic carbocycles. The highest BCUT2D eigenvalue weighted by Crippen LogP contribution is 2.26. The molecule has 1 amide bonds. The molecular formula is C20H21N3O2. The number of imidazole rings is 1. The predicted molar refractivity (Wildman–Crippen MR) is 95.5 cm³/mol. The van der Waals surface area contributed by atoms with Gasteiger partial charge in [0.15, 0.2) is 0 Å². The molecule has 0 aliphatic carbocycles. The number of aromatic nitrogens is 2. The molecule has 1 aliphatic rings. The summed E-state index contributed by atoms with van der Waals surface area (Å²) in [6.45, 7) is 3.06. The van der Waals surface area contributed by atoms with E-state index in [4.69, 9.17) is 4.74 Å². The number of hydrogen-bond acceptors (Lipinski definition) is 3. The minimum atomic E-state index is -0.0667. The molecule has 0 unspecified atom stereocenters. The van der Waals surface area contributed by atoms with Gasteiger partial charge < -0.3 is 14.5 Å². The Kier molecular flexibility index (Phi) is 4.14. The van der Waals surface area contributed by atoms with Crippen molar-refractivity contribution >= 4 is 11.6 Å². The number of rotatable bonds is 3. The molecule has 3 aromatic rings. The van der Waals surface area contributed by atoms with E-state index in [0.29, 0.717) is 19.6 Å². The zero-order chi connectivity index (χ0) is 17.2. The summed E-state index contributed by atoms with van der Waals surface area (Å²) in [5.74, 6) is 0.894. The molecular weight excluding hydrogens is 314 g/mol. The Hall–Kier alpha value is -2.82. The van der Waals surface area contributed by atoms with Gasteiger partial charge in [0.2, 0.25) is 5.91 Å². The van der Waals surface area contributed by atoms with E-state index < -0.39 is 0 Å². The highest BCUT2D eigenvalue weighted by Gasteiger charge is 2.23. The van der Waals surface area contributed by atoms with Gasteiger partial charge in [-0.05, 0) is 49.1 Å². The van der Waals surface area contributed by atoms with Gasteiger partial charge in [-0.1, -0.05) is 18.2 Å². The van der Waals surface area contributed by atoms with Crippen LogP contribution in [0.3, 0.4) is 0 Å². The molecule has 0 fully saturated rings. The molecule has 5 nitrogen and oxygen atoms in total. The number of carbonyl (C=O) groups is 1. The summed E-state index contributed by atoms with van der Waals surface area (Å²) in [7, 11) is 0. The minimum absolute atomic E-state index is 0.0635. The van der Waals surface area contributed by atoms with Gasteiger partial charge in [-0.2, -0.15) is 0 Å². The first-order valence-corrected chi connectivity index (χ1v) is 8.62. The second kappa shape index (κ2) is 6.59. The first-order valence-electron chi connectivity index (χ1n) is 8.62. The number of pyridine rings is 1. The van der Waals surface area contributed by atoms with Crippen LogP contribution in [0.5, 0.6) is 5.75 Å². The Bertz CT molecular complexity index is 916. The summed E-state index contributed by atoms with van der Waals surface area (Å²) in [5.41, 5.74) is 4.04. The normalized spacial score (nSPS) is 16.8. The maximum Gasteiger partial charge on any atom is 0.223 e. The Balaban J connectivity index is 1.43. The van der Waals surface area contributed by atoms with Crippen LogP contribution in [0.4, 0.5) is 0 Å². The quantitative estimate of drug-likeness (QED) is 0.801. The SMILES string of the molecule is Cc1ccn2cc(CNC(=O)[C@@H]3CCOc4ccccc4C3)nc2c1. The van der Waals surface area contributed by atoms with Crippen LogP contribution in [0.2, 0.25) is 0 Å². The largest absolute Gasteiger partial charge is 0.493 e. The number of aryl methyl sites for hydroxylation is 1. The summed E-state index contributed by atoms with van der Waals surface area (Å²) in [4.78, 5) is 17.2. The summed E-state index contributed by atoms with van der Waals surface area (Å²) in [6.07, 6.45) is 5.39. The molecule has 1 N–H and O–H groups in total. The number of para-hydroxylation sites is 1. The number of hydrogen-bond donors (Lipinski definition) is 1. The molecule has 128 valence electrons. The second-order valence-electron chi connectivity index (χ2n) is 6.57. The lowest BCUT2D eigenvalue weighted by atomic mass is 9.96. The van der Waals surface area contributed by atoms with E-state index in [0.717, 1.165) is 29.1 Å². The fourth-order valence-corrected chi connectivity index (χ4v) is 3.26. The summed E-state index contributed by atoms with van der Waals surface area (Å²) in [6, 6.07) is 12.0. The number of fused-ring (bicyclic) bond motifs is 2. The van der Waals surface area contributed by atoms with E-state index >= 15 is 0 Å². The van der Waals surface area contributed by atoms with Crippen LogP contribution in [0, 0.1) is 12.8 Å². The van der Waals surface area contributed by atoms with Gasteiger partial charge in [0.25, 0.3) is 0 Å². The topological polar surface area (TPSA) is 55.6 Å². The highest BCUT2D eigenvalue weighted by molar-refractivity contribution is 5.79. The van der Waals surface area contributed by atoms with Gasteiger partial charge in [0.05, 0.1) is 18.8 Å². The van der Waals surface area contributed by atoms with Crippen molar-refractivity contribution in [2.45, 2.75) is 26.3 Å². The van der Waals surface area contributed by atoms with Crippen molar-refractivity contribution < 1.29 is 9.53 Å². The molecule has 25 heavy (non-hydrogen) atoms. The summed E-state index contributed by atoms with van der Waals surface area (Å²) < 4.78 is 7.72. The number of carbonyl (C=O) groups excluding carboxylic acids is 1. The first-order chi connectivity index (χ1) is 12.2. The Morgan fingerprint density at radius 2 is 2.24 bits per heavy atom. The molecule has 4 rings (SSSR count). The van der Waals surface area contributed by atoms with Gasteiger partial charge in [-0.3, -0.25) is 4.79 Å².